The van der Waals surface area contributed by atoms with Gasteiger partial charge < -0.3 is 10.3 Å². The Labute approximate surface area is 136 Å². The van der Waals surface area contributed by atoms with Crippen molar-refractivity contribution < 1.29 is 8.42 Å². The molecule has 1 saturated heterocycles. The van der Waals surface area contributed by atoms with Crippen LogP contribution in [0, 0.1) is 5.92 Å². The van der Waals surface area contributed by atoms with E-state index < -0.39 is 10.0 Å². The molecule has 3 heterocycles. The number of nitrogens with one attached hydrogen (secondary N) is 3. The highest BCUT2D eigenvalue weighted by Crippen LogP contribution is 2.22. The van der Waals surface area contributed by atoms with Crippen LogP contribution in [0.15, 0.2) is 29.4 Å². The summed E-state index contributed by atoms with van der Waals surface area (Å²) in [5, 5.41) is 3.94. The van der Waals surface area contributed by atoms with Crippen molar-refractivity contribution in [1.82, 2.24) is 20.0 Å². The Morgan fingerprint density at radius 3 is 3.00 bits per heavy atom. The summed E-state index contributed by atoms with van der Waals surface area (Å²) in [5.41, 5.74) is 0.588. The van der Waals surface area contributed by atoms with Gasteiger partial charge >= 0.3 is 0 Å². The average molecular weight is 345 g/mol. The molecule has 0 saturated carbocycles. The fourth-order valence-electron chi connectivity index (χ4n) is 2.86. The third-order valence-corrected chi connectivity index (χ3v) is 5.68. The van der Waals surface area contributed by atoms with Gasteiger partial charge in [0.15, 0.2) is 0 Å². The number of piperidine rings is 1. The molecule has 0 spiro atoms. The molecule has 0 aromatic carbocycles. The van der Waals surface area contributed by atoms with Gasteiger partial charge in [0.05, 0.1) is 0 Å². The predicted molar refractivity (Wildman–Crippen MR) is 88.7 cm³/mol. The fraction of sp³-hybridized carbons (Fsp3) is 0.500. The predicted octanol–water partition coefficient (Wildman–Crippen LogP) is 1.65. The van der Waals surface area contributed by atoms with Gasteiger partial charge in [0.25, 0.3) is 0 Å². The molecular formula is C14H21ClN4O2S. The number of aromatic nitrogens is 2. The molecule has 2 aromatic rings. The minimum atomic E-state index is -3.54. The van der Waals surface area contributed by atoms with Crippen molar-refractivity contribution in [3.05, 3.63) is 24.5 Å². The van der Waals surface area contributed by atoms with Crippen molar-refractivity contribution >= 4 is 33.5 Å². The molecule has 8 heteroatoms. The zero-order valence-corrected chi connectivity index (χ0v) is 14.0. The Morgan fingerprint density at radius 2 is 2.27 bits per heavy atom. The Balaban J connectivity index is 0.00000176. The van der Waals surface area contributed by atoms with E-state index in [1.54, 1.807) is 18.3 Å². The third kappa shape index (κ3) is 3.43. The lowest BCUT2D eigenvalue weighted by Crippen LogP contribution is -2.44. The van der Waals surface area contributed by atoms with E-state index in [0.717, 1.165) is 25.9 Å². The van der Waals surface area contributed by atoms with Crippen molar-refractivity contribution in [3.63, 3.8) is 0 Å². The molecule has 0 aliphatic carbocycles. The van der Waals surface area contributed by atoms with Gasteiger partial charge in [-0.15, -0.1) is 12.4 Å². The highest BCUT2D eigenvalue weighted by molar-refractivity contribution is 7.89. The van der Waals surface area contributed by atoms with Crippen molar-refractivity contribution in [2.24, 2.45) is 5.92 Å². The minimum absolute atomic E-state index is 0. The largest absolute Gasteiger partial charge is 0.345 e. The van der Waals surface area contributed by atoms with Gasteiger partial charge in [-0.3, -0.25) is 0 Å². The molecule has 2 unspecified atom stereocenters. The second-order valence-electron chi connectivity index (χ2n) is 5.57. The summed E-state index contributed by atoms with van der Waals surface area (Å²) in [5.74, 6) is 0.330. The van der Waals surface area contributed by atoms with E-state index in [1.807, 2.05) is 6.92 Å². The second kappa shape index (κ2) is 6.95. The van der Waals surface area contributed by atoms with E-state index in [1.165, 1.54) is 6.20 Å². The lowest BCUT2D eigenvalue weighted by Gasteiger charge is -2.28. The number of hydrogen-bond acceptors (Lipinski definition) is 4. The Bertz CT molecular complexity index is 725. The first-order valence-electron chi connectivity index (χ1n) is 7.23. The number of fused-ring (bicyclic) bond motifs is 1. The number of aromatic amines is 1. The summed E-state index contributed by atoms with van der Waals surface area (Å²) in [4.78, 5) is 7.30. The van der Waals surface area contributed by atoms with Crippen LogP contribution in [0.4, 0.5) is 0 Å². The van der Waals surface area contributed by atoms with Crippen molar-refractivity contribution in [2.45, 2.75) is 30.7 Å². The van der Waals surface area contributed by atoms with Gasteiger partial charge in [0, 0.05) is 23.8 Å². The van der Waals surface area contributed by atoms with Crippen LogP contribution >= 0.6 is 12.4 Å². The highest BCUT2D eigenvalue weighted by Gasteiger charge is 2.26. The van der Waals surface area contributed by atoms with Gasteiger partial charge in [0.2, 0.25) is 10.0 Å². The highest BCUT2D eigenvalue weighted by atomic mass is 35.5. The molecule has 6 nitrogen and oxygen atoms in total. The summed E-state index contributed by atoms with van der Waals surface area (Å²) >= 11 is 0. The zero-order chi connectivity index (χ0) is 14.9. The van der Waals surface area contributed by atoms with Crippen LogP contribution in [-0.4, -0.2) is 37.5 Å². The molecule has 3 rings (SSSR count). The average Bonchev–Trinajstić information content (AvgIpc) is 2.92. The molecule has 3 N–H and O–H groups in total. The van der Waals surface area contributed by atoms with Gasteiger partial charge in [-0.25, -0.2) is 18.1 Å². The van der Waals surface area contributed by atoms with Crippen LogP contribution < -0.4 is 10.0 Å². The topological polar surface area (TPSA) is 86.9 Å². The van der Waals surface area contributed by atoms with E-state index >= 15 is 0 Å². The van der Waals surface area contributed by atoms with Crippen LogP contribution in [0.5, 0.6) is 0 Å². The number of nitrogens with zero attached hydrogens (tertiary/aromatic N) is 1. The number of sulfonamides is 1. The number of halogens is 1. The molecule has 122 valence electrons. The maximum absolute atomic E-state index is 12.6. The van der Waals surface area contributed by atoms with Crippen LogP contribution in [-0.2, 0) is 10.0 Å². The van der Waals surface area contributed by atoms with E-state index in [2.05, 4.69) is 20.0 Å². The monoisotopic (exact) mass is 344 g/mol. The first kappa shape index (κ1) is 17.2. The van der Waals surface area contributed by atoms with E-state index in [0.29, 0.717) is 17.0 Å². The SMILES string of the molecule is CC(NS(=O)(=O)c1c[nH]c2ncccc12)C1CCCNC1.Cl. The molecule has 0 radical (unpaired) electrons. The first-order valence-corrected chi connectivity index (χ1v) is 8.71. The lowest BCUT2D eigenvalue weighted by molar-refractivity contribution is 0.320. The number of pyridine rings is 1. The molecular weight excluding hydrogens is 324 g/mol. The molecule has 0 bridgehead atoms. The summed E-state index contributed by atoms with van der Waals surface area (Å²) in [6.07, 6.45) is 5.28. The smallest absolute Gasteiger partial charge is 0.243 e. The van der Waals surface area contributed by atoms with Gasteiger partial charge in [-0.2, -0.15) is 0 Å². The number of rotatable bonds is 4. The van der Waals surface area contributed by atoms with Crippen LogP contribution in [0.3, 0.4) is 0 Å². The van der Waals surface area contributed by atoms with E-state index in [9.17, 15) is 8.42 Å². The molecule has 1 fully saturated rings. The van der Waals surface area contributed by atoms with Crippen molar-refractivity contribution in [3.8, 4) is 0 Å². The number of H-pyrrole nitrogens is 1. The zero-order valence-electron chi connectivity index (χ0n) is 12.4. The summed E-state index contributed by atoms with van der Waals surface area (Å²) in [7, 11) is -3.54. The van der Waals surface area contributed by atoms with Gasteiger partial charge in [0.1, 0.15) is 10.5 Å². The second-order valence-corrected chi connectivity index (χ2v) is 7.25. The maximum atomic E-state index is 12.6. The van der Waals surface area contributed by atoms with Crippen LogP contribution in [0.1, 0.15) is 19.8 Å². The summed E-state index contributed by atoms with van der Waals surface area (Å²) < 4.78 is 28.0. The third-order valence-electron chi connectivity index (χ3n) is 4.09. The number of hydrogen-bond donors (Lipinski definition) is 3. The van der Waals surface area contributed by atoms with Gasteiger partial charge in [-0.05, 0) is 50.9 Å². The summed E-state index contributed by atoms with van der Waals surface area (Å²) in [6, 6.07) is 3.41. The quantitative estimate of drug-likeness (QED) is 0.787. The standard InChI is InChI=1S/C14H20N4O2S.ClH/c1-10(11-4-2-6-15-8-11)18-21(19,20)13-9-17-14-12(13)5-3-7-16-14;/h3,5,7,9-11,15,18H,2,4,6,8H2,1H3,(H,16,17);1H. The normalized spacial score (nSPS) is 20.5. The Morgan fingerprint density at radius 1 is 1.45 bits per heavy atom. The first-order chi connectivity index (χ1) is 10.1. The van der Waals surface area contributed by atoms with E-state index in [4.69, 9.17) is 0 Å². The molecule has 1 aliphatic heterocycles. The Kier molecular flexibility index (Phi) is 5.44. The fourth-order valence-corrected chi connectivity index (χ4v) is 4.34. The molecule has 2 aromatic heterocycles. The van der Waals surface area contributed by atoms with Crippen molar-refractivity contribution in [2.75, 3.05) is 13.1 Å². The molecule has 22 heavy (non-hydrogen) atoms. The molecule has 1 aliphatic rings. The van der Waals surface area contributed by atoms with Crippen molar-refractivity contribution in [1.29, 1.82) is 0 Å². The van der Waals surface area contributed by atoms with E-state index in [-0.39, 0.29) is 23.3 Å². The molecule has 2 atom stereocenters. The lowest BCUT2D eigenvalue weighted by atomic mass is 9.94. The summed E-state index contributed by atoms with van der Waals surface area (Å²) in [6.45, 7) is 3.81. The van der Waals surface area contributed by atoms with Crippen LogP contribution in [0.25, 0.3) is 11.0 Å². The minimum Gasteiger partial charge on any atom is -0.345 e. The Hall–Kier alpha value is -1.15. The molecule has 0 amide bonds. The van der Waals surface area contributed by atoms with Gasteiger partial charge in [-0.1, -0.05) is 0 Å². The maximum Gasteiger partial charge on any atom is 0.243 e. The van der Waals surface area contributed by atoms with Crippen LogP contribution in [0.2, 0.25) is 0 Å².